The van der Waals surface area contributed by atoms with Crippen molar-refractivity contribution in [3.8, 4) is 5.69 Å². The van der Waals surface area contributed by atoms with Gasteiger partial charge in [0.25, 0.3) is 0 Å². The Labute approximate surface area is 166 Å². The van der Waals surface area contributed by atoms with Crippen LogP contribution in [0.3, 0.4) is 0 Å². The van der Waals surface area contributed by atoms with Gasteiger partial charge in [0.05, 0.1) is 24.2 Å². The maximum absolute atomic E-state index is 12.4. The van der Waals surface area contributed by atoms with E-state index >= 15 is 0 Å². The van der Waals surface area contributed by atoms with E-state index in [0.29, 0.717) is 41.4 Å². The molecule has 0 bridgehead atoms. The number of likely N-dealkylation sites (tertiary alicyclic amines) is 1. The maximum Gasteiger partial charge on any atom is 0.237 e. The number of thioether (sulfide) groups is 1. The Hall–Kier alpha value is -2.75. The van der Waals surface area contributed by atoms with Gasteiger partial charge in [-0.3, -0.25) is 14.3 Å². The zero-order chi connectivity index (χ0) is 19.3. The van der Waals surface area contributed by atoms with E-state index in [-0.39, 0.29) is 5.91 Å². The number of pyridine rings is 1. The second-order valence-electron chi connectivity index (χ2n) is 6.60. The minimum atomic E-state index is 0.175. The Bertz CT molecular complexity index is 941. The molecule has 10 heteroatoms. The lowest BCUT2D eigenvalue weighted by atomic mass is 10.2. The van der Waals surface area contributed by atoms with Gasteiger partial charge in [-0.05, 0) is 31.9 Å². The quantitative estimate of drug-likeness (QED) is 0.583. The van der Waals surface area contributed by atoms with Gasteiger partial charge in [0.2, 0.25) is 11.8 Å². The fraction of sp³-hybridized carbons (Fsp3) is 0.444. The van der Waals surface area contributed by atoms with Crippen molar-refractivity contribution in [2.24, 2.45) is 0 Å². The third-order valence-electron chi connectivity index (χ3n) is 4.50. The average molecular weight is 399 g/mol. The normalized spacial score (nSPS) is 15.0. The molecule has 1 fully saturated rings. The number of nitrogens with zero attached hydrogens (tertiary/aromatic N) is 7. The molecule has 1 saturated heterocycles. The number of rotatable bonds is 6. The lowest BCUT2D eigenvalue weighted by Crippen LogP contribution is -2.31. The van der Waals surface area contributed by atoms with E-state index in [1.807, 2.05) is 21.6 Å². The first-order valence-corrected chi connectivity index (χ1v) is 10.2. The lowest BCUT2D eigenvalue weighted by Gasteiger charge is -2.20. The first-order valence-electron chi connectivity index (χ1n) is 9.25. The number of aryl methyl sites for hydroxylation is 1. The van der Waals surface area contributed by atoms with Gasteiger partial charge in [-0.25, -0.2) is 0 Å². The van der Waals surface area contributed by atoms with E-state index in [1.54, 1.807) is 19.3 Å². The van der Waals surface area contributed by atoms with Crippen LogP contribution in [-0.4, -0.2) is 47.2 Å². The standard InChI is InChI=1S/C18H21N7O2S/c1-13-20-16(27-23-13)12-28-18-22-21-15(25(18)14-6-5-8-19-10-14)11-24-9-4-2-3-7-17(24)26/h5-6,8,10H,2-4,7,9,11-12H2,1H3. The highest BCUT2D eigenvalue weighted by molar-refractivity contribution is 7.98. The van der Waals surface area contributed by atoms with E-state index < -0.39 is 0 Å². The number of hydrogen-bond donors (Lipinski definition) is 0. The predicted molar refractivity (Wildman–Crippen MR) is 102 cm³/mol. The Morgan fingerprint density at radius 3 is 2.96 bits per heavy atom. The van der Waals surface area contributed by atoms with Crippen LogP contribution in [0, 0.1) is 6.92 Å². The number of amides is 1. The van der Waals surface area contributed by atoms with Crippen LogP contribution < -0.4 is 0 Å². The second-order valence-corrected chi connectivity index (χ2v) is 7.54. The van der Waals surface area contributed by atoms with Crippen LogP contribution in [0.5, 0.6) is 0 Å². The van der Waals surface area contributed by atoms with Crippen LogP contribution in [0.4, 0.5) is 0 Å². The van der Waals surface area contributed by atoms with Crippen LogP contribution in [0.1, 0.15) is 43.2 Å². The van der Waals surface area contributed by atoms with Crippen molar-refractivity contribution < 1.29 is 9.32 Å². The SMILES string of the molecule is Cc1noc(CSc2nnc(CN3CCCCCC3=O)n2-c2cccnc2)n1. The molecule has 0 saturated carbocycles. The number of aromatic nitrogens is 6. The lowest BCUT2D eigenvalue weighted by molar-refractivity contribution is -0.131. The zero-order valence-electron chi connectivity index (χ0n) is 15.6. The van der Waals surface area contributed by atoms with Gasteiger partial charge >= 0.3 is 0 Å². The van der Waals surface area contributed by atoms with Crippen LogP contribution >= 0.6 is 11.8 Å². The highest BCUT2D eigenvalue weighted by Gasteiger charge is 2.22. The molecule has 28 heavy (non-hydrogen) atoms. The van der Waals surface area contributed by atoms with Crippen LogP contribution in [0.25, 0.3) is 5.69 Å². The molecule has 0 aliphatic carbocycles. The maximum atomic E-state index is 12.4. The molecular formula is C18H21N7O2S. The second kappa shape index (κ2) is 8.51. The molecule has 0 radical (unpaired) electrons. The molecule has 4 heterocycles. The highest BCUT2D eigenvalue weighted by Crippen LogP contribution is 2.25. The third kappa shape index (κ3) is 4.22. The van der Waals surface area contributed by atoms with Crippen molar-refractivity contribution in [3.63, 3.8) is 0 Å². The minimum Gasteiger partial charge on any atom is -0.338 e. The van der Waals surface area contributed by atoms with E-state index in [0.717, 1.165) is 31.5 Å². The summed E-state index contributed by atoms with van der Waals surface area (Å²) < 4.78 is 7.13. The van der Waals surface area contributed by atoms with Gasteiger partial charge < -0.3 is 9.42 Å². The molecule has 3 aromatic rings. The molecule has 0 unspecified atom stereocenters. The molecule has 0 spiro atoms. The molecule has 0 aromatic carbocycles. The monoisotopic (exact) mass is 399 g/mol. The molecule has 0 N–H and O–H groups in total. The summed E-state index contributed by atoms with van der Waals surface area (Å²) in [6.07, 6.45) is 7.14. The number of carbonyl (C=O) groups excluding carboxylic acids is 1. The van der Waals surface area contributed by atoms with Crippen LogP contribution in [0.2, 0.25) is 0 Å². The molecule has 9 nitrogen and oxygen atoms in total. The zero-order valence-corrected chi connectivity index (χ0v) is 16.4. The van der Waals surface area contributed by atoms with Crippen molar-refractivity contribution in [1.82, 2.24) is 34.8 Å². The Morgan fingerprint density at radius 1 is 1.25 bits per heavy atom. The molecule has 0 atom stereocenters. The summed E-state index contributed by atoms with van der Waals surface area (Å²) in [5.74, 6) is 2.51. The molecule has 4 rings (SSSR count). The van der Waals surface area contributed by atoms with Crippen molar-refractivity contribution in [1.29, 1.82) is 0 Å². The summed E-state index contributed by atoms with van der Waals surface area (Å²) in [5.41, 5.74) is 0.856. The molecule has 1 amide bonds. The van der Waals surface area contributed by atoms with Crippen molar-refractivity contribution in [3.05, 3.63) is 42.1 Å². The average Bonchev–Trinajstić information content (AvgIpc) is 3.25. The smallest absolute Gasteiger partial charge is 0.237 e. The number of carbonyl (C=O) groups is 1. The van der Waals surface area contributed by atoms with Gasteiger partial charge in [0.1, 0.15) is 0 Å². The van der Waals surface area contributed by atoms with Gasteiger partial charge in [0, 0.05) is 19.2 Å². The summed E-state index contributed by atoms with van der Waals surface area (Å²) in [6, 6.07) is 3.82. The van der Waals surface area contributed by atoms with Gasteiger partial charge in [-0.15, -0.1) is 10.2 Å². The summed E-state index contributed by atoms with van der Waals surface area (Å²) in [7, 11) is 0. The largest absolute Gasteiger partial charge is 0.338 e. The first kappa shape index (κ1) is 18.6. The fourth-order valence-corrected chi connectivity index (χ4v) is 3.95. The summed E-state index contributed by atoms with van der Waals surface area (Å²) in [4.78, 5) is 22.7. The van der Waals surface area contributed by atoms with E-state index in [4.69, 9.17) is 4.52 Å². The molecule has 1 aliphatic rings. The van der Waals surface area contributed by atoms with Crippen LogP contribution in [0.15, 0.2) is 34.2 Å². The Balaban J connectivity index is 1.60. The van der Waals surface area contributed by atoms with E-state index in [1.165, 1.54) is 11.8 Å². The minimum absolute atomic E-state index is 0.175. The summed E-state index contributed by atoms with van der Waals surface area (Å²) in [5, 5.41) is 13.2. The fourth-order valence-electron chi connectivity index (χ4n) is 3.14. The molecular weight excluding hydrogens is 378 g/mol. The summed E-state index contributed by atoms with van der Waals surface area (Å²) in [6.45, 7) is 2.97. The van der Waals surface area contributed by atoms with Crippen LogP contribution in [-0.2, 0) is 17.1 Å². The topological polar surface area (TPSA) is 103 Å². The molecule has 146 valence electrons. The third-order valence-corrected chi connectivity index (χ3v) is 5.42. The number of hydrogen-bond acceptors (Lipinski definition) is 8. The Kier molecular flexibility index (Phi) is 5.65. The first-order chi connectivity index (χ1) is 13.7. The highest BCUT2D eigenvalue weighted by atomic mass is 32.2. The predicted octanol–water partition coefficient (Wildman–Crippen LogP) is 2.55. The van der Waals surface area contributed by atoms with Gasteiger partial charge in [0.15, 0.2) is 16.8 Å². The van der Waals surface area contributed by atoms with Gasteiger partial charge in [-0.1, -0.05) is 23.3 Å². The van der Waals surface area contributed by atoms with E-state index in [9.17, 15) is 4.79 Å². The van der Waals surface area contributed by atoms with Crippen molar-refractivity contribution in [2.45, 2.75) is 50.1 Å². The van der Waals surface area contributed by atoms with E-state index in [2.05, 4.69) is 25.3 Å². The van der Waals surface area contributed by atoms with Crippen molar-refractivity contribution >= 4 is 17.7 Å². The molecule has 1 aliphatic heterocycles. The van der Waals surface area contributed by atoms with Crippen molar-refractivity contribution in [2.75, 3.05) is 6.54 Å². The van der Waals surface area contributed by atoms with Gasteiger partial charge in [-0.2, -0.15) is 4.98 Å². The summed E-state index contributed by atoms with van der Waals surface area (Å²) >= 11 is 1.46. The molecule has 3 aromatic heterocycles. The Morgan fingerprint density at radius 2 is 2.18 bits per heavy atom.